The fourth-order valence-electron chi connectivity index (χ4n) is 3.31. The molecule has 1 heterocycles. The molecule has 0 radical (unpaired) electrons. The van der Waals surface area contributed by atoms with Crippen LogP contribution in [0.1, 0.15) is 31.7 Å². The number of fused-ring (bicyclic) bond motifs is 1. The van der Waals surface area contributed by atoms with E-state index in [0.29, 0.717) is 39.8 Å². The van der Waals surface area contributed by atoms with Crippen molar-refractivity contribution < 1.29 is 14.3 Å². The summed E-state index contributed by atoms with van der Waals surface area (Å²) in [6.45, 7) is 4.40. The second-order valence-corrected chi connectivity index (χ2v) is 7.62. The fourth-order valence-corrected chi connectivity index (χ4v) is 3.48. The number of rotatable bonds is 9. The van der Waals surface area contributed by atoms with Crippen molar-refractivity contribution >= 4 is 34.5 Å². The van der Waals surface area contributed by atoms with E-state index in [1.807, 2.05) is 38.1 Å². The summed E-state index contributed by atoms with van der Waals surface area (Å²) in [4.78, 5) is 34.1. The Balaban J connectivity index is 1.75. The predicted octanol–water partition coefficient (Wildman–Crippen LogP) is 4.44. The van der Waals surface area contributed by atoms with Crippen LogP contribution in [0, 0.1) is 0 Å². The van der Waals surface area contributed by atoms with Gasteiger partial charge < -0.3 is 19.4 Å². The quantitative estimate of drug-likeness (QED) is 0.515. The maximum atomic E-state index is 12.9. The highest BCUT2D eigenvalue weighted by molar-refractivity contribution is 6.31. The number of methoxy groups -OCH3 is 1. The zero-order valence-corrected chi connectivity index (χ0v) is 19.1. The van der Waals surface area contributed by atoms with Crippen LogP contribution in [0.4, 0.5) is 0 Å². The van der Waals surface area contributed by atoms with Crippen LogP contribution in [0.15, 0.2) is 47.3 Å². The third-order valence-electron chi connectivity index (χ3n) is 4.80. The summed E-state index contributed by atoms with van der Waals surface area (Å²) >= 11 is 6.03. The molecule has 0 atom stereocenters. The molecule has 1 aromatic heterocycles. The van der Waals surface area contributed by atoms with Gasteiger partial charge in [-0.05, 0) is 49.2 Å². The molecule has 1 amide bonds. The first-order chi connectivity index (χ1) is 15.4. The van der Waals surface area contributed by atoms with Gasteiger partial charge in [-0.15, -0.1) is 0 Å². The molecule has 0 spiro atoms. The molecule has 1 N–H and O–H groups in total. The number of nitrogens with zero attached hydrogens (tertiary/aromatic N) is 2. The number of amides is 1. The number of allylic oxidation sites excluding steroid dienone is 1. The van der Waals surface area contributed by atoms with E-state index < -0.39 is 0 Å². The number of halogens is 1. The number of nitrogens with one attached hydrogen (secondary N) is 1. The highest BCUT2D eigenvalue weighted by atomic mass is 35.5. The van der Waals surface area contributed by atoms with E-state index in [4.69, 9.17) is 21.1 Å². The molecule has 3 aromatic rings. The summed E-state index contributed by atoms with van der Waals surface area (Å²) in [7, 11) is 1.56. The lowest BCUT2D eigenvalue weighted by atomic mass is 10.2. The molecular formula is C24H26ClN3O4. The van der Waals surface area contributed by atoms with Crippen LogP contribution in [0.2, 0.25) is 5.02 Å². The van der Waals surface area contributed by atoms with Crippen molar-refractivity contribution in [2.75, 3.05) is 20.3 Å². The van der Waals surface area contributed by atoms with Crippen LogP contribution in [0.25, 0.3) is 17.0 Å². The van der Waals surface area contributed by atoms with Gasteiger partial charge >= 0.3 is 0 Å². The summed E-state index contributed by atoms with van der Waals surface area (Å²) in [5, 5.41) is 0.939. The average molecular weight is 456 g/mol. The number of hydrogen-bond donors (Lipinski definition) is 1. The molecule has 0 unspecified atom stereocenters. The van der Waals surface area contributed by atoms with Crippen molar-refractivity contribution in [1.82, 2.24) is 14.9 Å². The van der Waals surface area contributed by atoms with Crippen molar-refractivity contribution in [2.24, 2.45) is 0 Å². The minimum Gasteiger partial charge on any atom is -0.493 e. The number of H-pyrrole nitrogens is 1. The van der Waals surface area contributed by atoms with Crippen LogP contribution in [0.5, 0.6) is 11.5 Å². The Bertz CT molecular complexity index is 1190. The number of ether oxygens (including phenoxy) is 2. The first-order valence-electron chi connectivity index (χ1n) is 10.3. The molecule has 3 rings (SSSR count). The van der Waals surface area contributed by atoms with Crippen molar-refractivity contribution in [1.29, 1.82) is 0 Å². The minimum absolute atomic E-state index is 0.158. The number of benzene rings is 2. The van der Waals surface area contributed by atoms with Gasteiger partial charge in [0, 0.05) is 11.6 Å². The van der Waals surface area contributed by atoms with E-state index in [1.54, 1.807) is 36.3 Å². The number of aromatic nitrogens is 2. The Morgan fingerprint density at radius 2 is 2.03 bits per heavy atom. The molecular weight excluding hydrogens is 430 g/mol. The van der Waals surface area contributed by atoms with Gasteiger partial charge in [0.15, 0.2) is 18.1 Å². The highest BCUT2D eigenvalue weighted by Gasteiger charge is 2.17. The molecule has 0 saturated heterocycles. The lowest BCUT2D eigenvalue weighted by Gasteiger charge is -2.22. The Kier molecular flexibility index (Phi) is 7.89. The molecule has 0 saturated carbocycles. The van der Waals surface area contributed by atoms with E-state index in [9.17, 15) is 9.59 Å². The topological polar surface area (TPSA) is 84.5 Å². The number of aromatic amines is 1. The molecule has 0 aliphatic rings. The summed E-state index contributed by atoms with van der Waals surface area (Å²) in [5.41, 5.74) is 1.19. The van der Waals surface area contributed by atoms with Gasteiger partial charge in [0.1, 0.15) is 5.82 Å². The lowest BCUT2D eigenvalue weighted by molar-refractivity contribution is -0.134. The van der Waals surface area contributed by atoms with Crippen LogP contribution in [-0.4, -0.2) is 41.0 Å². The molecule has 0 fully saturated rings. The molecule has 0 aliphatic carbocycles. The maximum absolute atomic E-state index is 12.9. The number of carbonyl (C=O) groups is 1. The van der Waals surface area contributed by atoms with E-state index >= 15 is 0 Å². The fraction of sp³-hybridized carbons (Fsp3) is 0.292. The zero-order chi connectivity index (χ0) is 23.1. The van der Waals surface area contributed by atoms with Crippen LogP contribution >= 0.6 is 11.6 Å². The third kappa shape index (κ3) is 5.68. The van der Waals surface area contributed by atoms with E-state index in [2.05, 4.69) is 9.97 Å². The van der Waals surface area contributed by atoms with E-state index in [1.165, 1.54) is 0 Å². The molecule has 2 aromatic carbocycles. The van der Waals surface area contributed by atoms with Crippen LogP contribution in [-0.2, 0) is 11.3 Å². The predicted molar refractivity (Wildman–Crippen MR) is 126 cm³/mol. The standard InChI is InChI=1S/C24H26ClN3O4/c1-4-6-16-7-10-20(21(12-16)31-3)32-15-23(29)28(11-5-2)14-22-26-19-13-17(25)8-9-18(19)24(30)27-22/h4,6-10,12-13H,5,11,14-15H2,1-3H3,(H,26,27,30)/b6-4+. The maximum Gasteiger partial charge on any atom is 0.260 e. The van der Waals surface area contributed by atoms with Gasteiger partial charge in [-0.2, -0.15) is 0 Å². The SMILES string of the molecule is C/C=C/c1ccc(OCC(=O)N(CCC)Cc2nc3cc(Cl)ccc3c(=O)[nH]2)c(OC)c1. The van der Waals surface area contributed by atoms with E-state index in [0.717, 1.165) is 12.0 Å². The highest BCUT2D eigenvalue weighted by Crippen LogP contribution is 2.28. The third-order valence-corrected chi connectivity index (χ3v) is 5.04. The van der Waals surface area contributed by atoms with Crippen molar-refractivity contribution in [3.05, 3.63) is 69.2 Å². The van der Waals surface area contributed by atoms with Crippen LogP contribution in [0.3, 0.4) is 0 Å². The van der Waals surface area contributed by atoms with Gasteiger partial charge in [-0.1, -0.05) is 36.7 Å². The Morgan fingerprint density at radius 1 is 1.22 bits per heavy atom. The Hall–Kier alpha value is -3.32. The average Bonchev–Trinajstić information content (AvgIpc) is 2.77. The largest absolute Gasteiger partial charge is 0.493 e. The first kappa shape index (κ1) is 23.3. The second-order valence-electron chi connectivity index (χ2n) is 7.19. The summed E-state index contributed by atoms with van der Waals surface area (Å²) in [6.07, 6.45) is 4.63. The van der Waals surface area contributed by atoms with Gasteiger partial charge in [0.25, 0.3) is 11.5 Å². The number of carbonyl (C=O) groups excluding carboxylic acids is 1. The molecule has 32 heavy (non-hydrogen) atoms. The molecule has 168 valence electrons. The van der Waals surface area contributed by atoms with E-state index in [-0.39, 0.29) is 24.6 Å². The molecule has 0 bridgehead atoms. The van der Waals surface area contributed by atoms with Crippen molar-refractivity contribution in [2.45, 2.75) is 26.8 Å². The molecule has 0 aliphatic heterocycles. The number of hydrogen-bond acceptors (Lipinski definition) is 5. The normalized spacial score (nSPS) is 11.1. The summed E-state index contributed by atoms with van der Waals surface area (Å²) in [5.74, 6) is 1.20. The Labute approximate surface area is 191 Å². The lowest BCUT2D eigenvalue weighted by Crippen LogP contribution is -2.36. The zero-order valence-electron chi connectivity index (χ0n) is 18.4. The van der Waals surface area contributed by atoms with Crippen molar-refractivity contribution in [3.63, 3.8) is 0 Å². The minimum atomic E-state index is -0.271. The van der Waals surface area contributed by atoms with Gasteiger partial charge in [-0.25, -0.2) is 4.98 Å². The van der Waals surface area contributed by atoms with Gasteiger partial charge in [0.05, 0.1) is 24.6 Å². The monoisotopic (exact) mass is 455 g/mol. The smallest absolute Gasteiger partial charge is 0.260 e. The molecule has 8 heteroatoms. The van der Waals surface area contributed by atoms with Crippen LogP contribution < -0.4 is 15.0 Å². The summed E-state index contributed by atoms with van der Waals surface area (Å²) in [6, 6.07) is 10.4. The second kappa shape index (κ2) is 10.8. The molecule has 7 nitrogen and oxygen atoms in total. The van der Waals surface area contributed by atoms with Gasteiger partial charge in [0.2, 0.25) is 0 Å². The Morgan fingerprint density at radius 3 is 2.75 bits per heavy atom. The summed E-state index contributed by atoms with van der Waals surface area (Å²) < 4.78 is 11.1. The first-order valence-corrected chi connectivity index (χ1v) is 10.7. The van der Waals surface area contributed by atoms with Crippen molar-refractivity contribution in [3.8, 4) is 11.5 Å². The van der Waals surface area contributed by atoms with Gasteiger partial charge in [-0.3, -0.25) is 9.59 Å².